The molecule has 1 unspecified atom stereocenters. The summed E-state index contributed by atoms with van der Waals surface area (Å²) in [6.07, 6.45) is 7.39. The molecule has 0 aromatic rings. The summed E-state index contributed by atoms with van der Waals surface area (Å²) in [5.74, 6) is 0. The molecule has 2 aliphatic rings. The summed E-state index contributed by atoms with van der Waals surface area (Å²) < 4.78 is 6.35. The number of hydrogen-bond donors (Lipinski definition) is 1. The molecular weight excluding hydrogens is 234 g/mol. The van der Waals surface area contributed by atoms with Crippen molar-refractivity contribution in [3.05, 3.63) is 0 Å². The molecule has 0 bridgehead atoms. The fourth-order valence-electron chi connectivity index (χ4n) is 5.02. The molecule has 1 atom stereocenters. The van der Waals surface area contributed by atoms with Crippen molar-refractivity contribution in [2.75, 3.05) is 13.2 Å². The van der Waals surface area contributed by atoms with Crippen molar-refractivity contribution < 1.29 is 4.74 Å². The Morgan fingerprint density at radius 3 is 2.26 bits per heavy atom. The van der Waals surface area contributed by atoms with Gasteiger partial charge in [-0.05, 0) is 55.9 Å². The highest BCUT2D eigenvalue weighted by Gasteiger charge is 2.50. The standard InChI is InChI=1S/C17H33NO/c1-6-8-18-14-7-9-19-17(10-14)12-15(2,3)11-16(4,5)13-17/h14,18H,6-13H2,1-5H3. The SMILES string of the molecule is CCCNC1CCOC2(C1)CC(C)(C)CC(C)(C)C2. The molecule has 19 heavy (non-hydrogen) atoms. The van der Waals surface area contributed by atoms with E-state index < -0.39 is 0 Å². The van der Waals surface area contributed by atoms with Crippen molar-refractivity contribution in [1.82, 2.24) is 5.32 Å². The molecule has 2 heteroatoms. The third-order valence-corrected chi connectivity index (χ3v) is 4.73. The van der Waals surface area contributed by atoms with Gasteiger partial charge in [-0.2, -0.15) is 0 Å². The van der Waals surface area contributed by atoms with E-state index in [2.05, 4.69) is 39.9 Å². The highest BCUT2D eigenvalue weighted by molar-refractivity contribution is 5.02. The van der Waals surface area contributed by atoms with Gasteiger partial charge < -0.3 is 10.1 Å². The smallest absolute Gasteiger partial charge is 0.0707 e. The topological polar surface area (TPSA) is 21.3 Å². The lowest BCUT2D eigenvalue weighted by atomic mass is 9.58. The van der Waals surface area contributed by atoms with Gasteiger partial charge in [0.1, 0.15) is 0 Å². The highest BCUT2D eigenvalue weighted by atomic mass is 16.5. The normalized spacial score (nSPS) is 32.4. The van der Waals surface area contributed by atoms with E-state index in [1.165, 1.54) is 38.5 Å². The zero-order valence-electron chi connectivity index (χ0n) is 13.6. The van der Waals surface area contributed by atoms with Gasteiger partial charge >= 0.3 is 0 Å². The quantitative estimate of drug-likeness (QED) is 0.830. The Morgan fingerprint density at radius 2 is 1.68 bits per heavy atom. The van der Waals surface area contributed by atoms with E-state index in [9.17, 15) is 0 Å². The molecule has 1 N–H and O–H groups in total. The highest BCUT2D eigenvalue weighted by Crippen LogP contribution is 2.53. The van der Waals surface area contributed by atoms with E-state index in [-0.39, 0.29) is 5.60 Å². The molecule has 1 saturated carbocycles. The zero-order valence-corrected chi connectivity index (χ0v) is 13.6. The molecule has 1 aliphatic heterocycles. The number of ether oxygens (including phenoxy) is 1. The van der Waals surface area contributed by atoms with Gasteiger partial charge in [0.2, 0.25) is 0 Å². The molecule has 2 nitrogen and oxygen atoms in total. The molecule has 2 rings (SSSR count). The zero-order chi connectivity index (χ0) is 14.1. The summed E-state index contributed by atoms with van der Waals surface area (Å²) in [5, 5.41) is 3.72. The van der Waals surface area contributed by atoms with Crippen LogP contribution >= 0.6 is 0 Å². The van der Waals surface area contributed by atoms with E-state index in [1.54, 1.807) is 0 Å². The molecule has 1 aliphatic carbocycles. The summed E-state index contributed by atoms with van der Waals surface area (Å²) in [5.41, 5.74) is 0.956. The van der Waals surface area contributed by atoms with Crippen LogP contribution in [0.1, 0.15) is 73.1 Å². The van der Waals surface area contributed by atoms with Crippen LogP contribution in [-0.2, 0) is 4.74 Å². The van der Waals surface area contributed by atoms with Crippen LogP contribution in [0.5, 0.6) is 0 Å². The maximum atomic E-state index is 6.35. The van der Waals surface area contributed by atoms with Gasteiger partial charge in [-0.25, -0.2) is 0 Å². The minimum Gasteiger partial charge on any atom is -0.375 e. The maximum absolute atomic E-state index is 6.35. The van der Waals surface area contributed by atoms with Crippen LogP contribution in [0.4, 0.5) is 0 Å². The van der Waals surface area contributed by atoms with Crippen LogP contribution in [0.2, 0.25) is 0 Å². The Hall–Kier alpha value is -0.0800. The van der Waals surface area contributed by atoms with Crippen molar-refractivity contribution in [3.63, 3.8) is 0 Å². The average molecular weight is 267 g/mol. The average Bonchev–Trinajstić information content (AvgIpc) is 2.21. The lowest BCUT2D eigenvalue weighted by Crippen LogP contribution is -2.54. The lowest BCUT2D eigenvalue weighted by molar-refractivity contribution is -0.158. The molecule has 1 heterocycles. The van der Waals surface area contributed by atoms with Crippen molar-refractivity contribution in [1.29, 1.82) is 0 Å². The first kappa shape index (κ1) is 15.3. The van der Waals surface area contributed by atoms with Crippen molar-refractivity contribution in [2.45, 2.75) is 84.8 Å². The Bertz CT molecular complexity index is 292. The molecule has 2 fully saturated rings. The molecule has 0 aromatic carbocycles. The third-order valence-electron chi connectivity index (χ3n) is 4.73. The van der Waals surface area contributed by atoms with E-state index in [1.807, 2.05) is 0 Å². The second-order valence-corrected chi connectivity index (χ2v) is 8.53. The summed E-state index contributed by atoms with van der Waals surface area (Å²) in [6.45, 7) is 14.0. The Balaban J connectivity index is 2.08. The van der Waals surface area contributed by atoms with Crippen LogP contribution in [0, 0.1) is 10.8 Å². The molecule has 112 valence electrons. The summed E-state index contributed by atoms with van der Waals surface area (Å²) in [7, 11) is 0. The van der Waals surface area contributed by atoms with Gasteiger partial charge in [-0.15, -0.1) is 0 Å². The van der Waals surface area contributed by atoms with Crippen LogP contribution in [-0.4, -0.2) is 24.8 Å². The van der Waals surface area contributed by atoms with Crippen LogP contribution in [0.25, 0.3) is 0 Å². The van der Waals surface area contributed by atoms with Crippen molar-refractivity contribution in [2.24, 2.45) is 10.8 Å². The minimum absolute atomic E-state index is 0.134. The molecule has 0 amide bonds. The van der Waals surface area contributed by atoms with Gasteiger partial charge in [-0.3, -0.25) is 0 Å². The van der Waals surface area contributed by atoms with E-state index >= 15 is 0 Å². The van der Waals surface area contributed by atoms with Gasteiger partial charge in [0, 0.05) is 12.6 Å². The largest absolute Gasteiger partial charge is 0.375 e. The first-order valence-electron chi connectivity index (χ1n) is 8.13. The Morgan fingerprint density at radius 1 is 1.05 bits per heavy atom. The molecule has 0 aromatic heterocycles. The van der Waals surface area contributed by atoms with Crippen LogP contribution in [0.15, 0.2) is 0 Å². The van der Waals surface area contributed by atoms with E-state index in [4.69, 9.17) is 4.74 Å². The predicted molar refractivity (Wildman–Crippen MR) is 81.4 cm³/mol. The monoisotopic (exact) mass is 267 g/mol. The Kier molecular flexibility index (Phi) is 4.32. The number of rotatable bonds is 3. The van der Waals surface area contributed by atoms with Gasteiger partial charge in [0.25, 0.3) is 0 Å². The second-order valence-electron chi connectivity index (χ2n) is 8.53. The summed E-state index contributed by atoms with van der Waals surface area (Å²) in [6, 6.07) is 0.665. The molecule has 1 spiro atoms. The third kappa shape index (κ3) is 3.95. The lowest BCUT2D eigenvalue weighted by Gasteiger charge is -2.54. The summed E-state index contributed by atoms with van der Waals surface area (Å²) >= 11 is 0. The Labute approximate surface area is 119 Å². The fraction of sp³-hybridized carbons (Fsp3) is 1.00. The maximum Gasteiger partial charge on any atom is 0.0707 e. The van der Waals surface area contributed by atoms with Crippen molar-refractivity contribution >= 4 is 0 Å². The van der Waals surface area contributed by atoms with Crippen LogP contribution < -0.4 is 5.32 Å². The van der Waals surface area contributed by atoms with Gasteiger partial charge in [-0.1, -0.05) is 34.6 Å². The molecule has 1 saturated heterocycles. The van der Waals surface area contributed by atoms with Crippen LogP contribution in [0.3, 0.4) is 0 Å². The summed E-state index contributed by atoms with van der Waals surface area (Å²) in [4.78, 5) is 0. The molecule has 0 radical (unpaired) electrons. The fourth-order valence-corrected chi connectivity index (χ4v) is 5.02. The first-order valence-corrected chi connectivity index (χ1v) is 8.13. The minimum atomic E-state index is 0.134. The first-order chi connectivity index (χ1) is 8.76. The molecular formula is C17H33NO. The predicted octanol–water partition coefficient (Wildman–Crippen LogP) is 4.14. The van der Waals surface area contributed by atoms with Gasteiger partial charge in [0.15, 0.2) is 0 Å². The van der Waals surface area contributed by atoms with Gasteiger partial charge in [0.05, 0.1) is 5.60 Å². The van der Waals surface area contributed by atoms with Crippen molar-refractivity contribution in [3.8, 4) is 0 Å². The second kappa shape index (κ2) is 5.37. The van der Waals surface area contributed by atoms with E-state index in [0.717, 1.165) is 13.2 Å². The number of nitrogens with one attached hydrogen (secondary N) is 1. The number of hydrogen-bond acceptors (Lipinski definition) is 2. The van der Waals surface area contributed by atoms with E-state index in [0.29, 0.717) is 16.9 Å².